The number of rotatable bonds is 8. The Balaban J connectivity index is 1.58. The van der Waals surface area contributed by atoms with Gasteiger partial charge in [-0.05, 0) is 36.2 Å². The molecule has 1 aliphatic rings. The number of amides is 3. The minimum Gasteiger partial charge on any atom is -0.378 e. The molecule has 0 aromatic heterocycles. The lowest BCUT2D eigenvalue weighted by atomic mass is 10.1. The molecule has 1 saturated heterocycles. The largest absolute Gasteiger partial charge is 0.378 e. The highest BCUT2D eigenvalue weighted by Gasteiger charge is 2.19. The first kappa shape index (κ1) is 23.3. The Morgan fingerprint density at radius 1 is 1.03 bits per heavy atom. The maximum atomic E-state index is 12.7. The lowest BCUT2D eigenvalue weighted by molar-refractivity contribution is -0.114. The number of carbonyl (C=O) groups is 3. The van der Waals surface area contributed by atoms with Gasteiger partial charge >= 0.3 is 0 Å². The lowest BCUT2D eigenvalue weighted by Gasteiger charge is -2.27. The predicted octanol–water partition coefficient (Wildman–Crippen LogP) is 2.60. The van der Waals surface area contributed by atoms with Crippen LogP contribution < -0.4 is 16.0 Å². The summed E-state index contributed by atoms with van der Waals surface area (Å²) in [5.74, 6) is -0.241. The molecule has 0 unspecified atom stereocenters. The molecular weight excluding hydrogens is 408 g/mol. The molecule has 1 aliphatic heterocycles. The molecule has 3 amide bonds. The van der Waals surface area contributed by atoms with Gasteiger partial charge in [-0.1, -0.05) is 32.0 Å². The third-order valence-electron chi connectivity index (χ3n) is 4.98. The van der Waals surface area contributed by atoms with Crippen LogP contribution in [0.3, 0.4) is 0 Å². The number of para-hydroxylation sites is 1. The van der Waals surface area contributed by atoms with Gasteiger partial charge in [0.2, 0.25) is 5.91 Å². The summed E-state index contributed by atoms with van der Waals surface area (Å²) in [6.45, 7) is 6.82. The molecular formula is C24H30N4O4. The summed E-state index contributed by atoms with van der Waals surface area (Å²) in [6, 6.07) is 14.0. The molecule has 32 heavy (non-hydrogen) atoms. The van der Waals surface area contributed by atoms with E-state index in [2.05, 4.69) is 16.0 Å². The van der Waals surface area contributed by atoms with Crippen LogP contribution in [0.4, 0.5) is 11.4 Å². The van der Waals surface area contributed by atoms with Gasteiger partial charge in [0, 0.05) is 30.9 Å². The van der Waals surface area contributed by atoms with Crippen LogP contribution in [0.15, 0.2) is 48.5 Å². The minimum atomic E-state index is -0.293. The average molecular weight is 439 g/mol. The van der Waals surface area contributed by atoms with Crippen molar-refractivity contribution in [3.8, 4) is 0 Å². The predicted molar refractivity (Wildman–Crippen MR) is 124 cm³/mol. The smallest absolute Gasteiger partial charge is 0.254 e. The van der Waals surface area contributed by atoms with Crippen molar-refractivity contribution in [2.24, 2.45) is 5.92 Å². The van der Waals surface area contributed by atoms with Gasteiger partial charge in [0.05, 0.1) is 31.0 Å². The monoisotopic (exact) mass is 438 g/mol. The van der Waals surface area contributed by atoms with E-state index in [0.29, 0.717) is 61.3 Å². The van der Waals surface area contributed by atoms with Crippen LogP contribution in [0, 0.1) is 5.92 Å². The van der Waals surface area contributed by atoms with Crippen molar-refractivity contribution in [2.45, 2.75) is 13.8 Å². The molecule has 0 radical (unpaired) electrons. The molecule has 0 saturated carbocycles. The molecule has 2 aromatic carbocycles. The fourth-order valence-electron chi connectivity index (χ4n) is 3.27. The maximum Gasteiger partial charge on any atom is 0.254 e. The van der Waals surface area contributed by atoms with E-state index < -0.39 is 0 Å². The van der Waals surface area contributed by atoms with Gasteiger partial charge in [-0.3, -0.25) is 14.4 Å². The molecule has 3 rings (SSSR count). The lowest BCUT2D eigenvalue weighted by Crippen LogP contribution is -2.40. The molecule has 1 heterocycles. The molecule has 170 valence electrons. The zero-order valence-electron chi connectivity index (χ0n) is 18.5. The Morgan fingerprint density at radius 2 is 1.78 bits per heavy atom. The second-order valence-corrected chi connectivity index (χ2v) is 8.04. The summed E-state index contributed by atoms with van der Waals surface area (Å²) < 4.78 is 5.29. The van der Waals surface area contributed by atoms with E-state index in [1.54, 1.807) is 53.4 Å². The van der Waals surface area contributed by atoms with Crippen molar-refractivity contribution in [1.82, 2.24) is 10.2 Å². The average Bonchev–Trinajstić information content (AvgIpc) is 2.82. The van der Waals surface area contributed by atoms with Crippen LogP contribution in [0.25, 0.3) is 0 Å². The molecule has 0 atom stereocenters. The number of anilines is 2. The molecule has 3 N–H and O–H groups in total. The van der Waals surface area contributed by atoms with Crippen LogP contribution in [0.2, 0.25) is 0 Å². The van der Waals surface area contributed by atoms with Crippen LogP contribution in [0.1, 0.15) is 34.6 Å². The summed E-state index contributed by atoms with van der Waals surface area (Å²) in [5.41, 5.74) is 2.10. The zero-order chi connectivity index (χ0) is 22.9. The summed E-state index contributed by atoms with van der Waals surface area (Å²) in [6.07, 6.45) is 0. The summed E-state index contributed by atoms with van der Waals surface area (Å²) in [5, 5.41) is 8.69. The first-order valence-electron chi connectivity index (χ1n) is 10.8. The van der Waals surface area contributed by atoms with Gasteiger partial charge < -0.3 is 25.6 Å². The Kier molecular flexibility index (Phi) is 8.21. The Labute approximate surface area is 188 Å². The minimum absolute atomic E-state index is 0.00283. The van der Waals surface area contributed by atoms with Gasteiger partial charge in [-0.2, -0.15) is 0 Å². The van der Waals surface area contributed by atoms with Gasteiger partial charge in [-0.15, -0.1) is 0 Å². The van der Waals surface area contributed by atoms with E-state index in [0.717, 1.165) is 0 Å². The number of hydrogen-bond acceptors (Lipinski definition) is 5. The Bertz CT molecular complexity index is 955. The summed E-state index contributed by atoms with van der Waals surface area (Å²) >= 11 is 0. The van der Waals surface area contributed by atoms with Crippen LogP contribution in [-0.4, -0.2) is 62.0 Å². The van der Waals surface area contributed by atoms with Crippen molar-refractivity contribution in [3.05, 3.63) is 59.7 Å². The van der Waals surface area contributed by atoms with E-state index in [1.807, 2.05) is 13.8 Å². The van der Waals surface area contributed by atoms with E-state index in [9.17, 15) is 14.4 Å². The van der Waals surface area contributed by atoms with Gasteiger partial charge in [0.15, 0.2) is 0 Å². The number of nitrogens with one attached hydrogen (secondary N) is 3. The third-order valence-corrected chi connectivity index (χ3v) is 4.98. The molecule has 1 fully saturated rings. The van der Waals surface area contributed by atoms with Crippen molar-refractivity contribution in [1.29, 1.82) is 0 Å². The van der Waals surface area contributed by atoms with Crippen molar-refractivity contribution in [2.75, 3.05) is 50.0 Å². The second kappa shape index (κ2) is 11.3. The summed E-state index contributed by atoms with van der Waals surface area (Å²) in [7, 11) is 0. The first-order chi connectivity index (χ1) is 15.4. The molecule has 0 spiro atoms. The SMILES string of the molecule is CC(C)CNC(=O)c1ccccc1NC(=O)CNc1cccc(C(=O)N2CCOCC2)c1. The fourth-order valence-corrected chi connectivity index (χ4v) is 3.27. The van der Waals surface area contributed by atoms with E-state index >= 15 is 0 Å². The standard InChI is InChI=1S/C24H30N4O4/c1-17(2)15-26-23(30)20-8-3-4-9-21(20)27-22(29)16-25-19-7-5-6-18(14-19)24(31)28-10-12-32-13-11-28/h3-9,14,17,25H,10-13,15-16H2,1-2H3,(H,26,30)(H,27,29). The second-order valence-electron chi connectivity index (χ2n) is 8.04. The first-order valence-corrected chi connectivity index (χ1v) is 10.8. The van der Waals surface area contributed by atoms with Crippen LogP contribution in [0.5, 0.6) is 0 Å². The number of morpholine rings is 1. The molecule has 8 heteroatoms. The van der Waals surface area contributed by atoms with E-state index in [-0.39, 0.29) is 24.3 Å². The molecule has 8 nitrogen and oxygen atoms in total. The van der Waals surface area contributed by atoms with Crippen LogP contribution in [-0.2, 0) is 9.53 Å². The molecule has 2 aromatic rings. The number of benzene rings is 2. The maximum absolute atomic E-state index is 12.7. The van der Waals surface area contributed by atoms with Gasteiger partial charge in [0.1, 0.15) is 0 Å². The number of nitrogens with zero attached hydrogens (tertiary/aromatic N) is 1. The summed E-state index contributed by atoms with van der Waals surface area (Å²) in [4.78, 5) is 39.4. The van der Waals surface area contributed by atoms with Crippen LogP contribution >= 0.6 is 0 Å². The van der Waals surface area contributed by atoms with E-state index in [1.165, 1.54) is 0 Å². The highest BCUT2D eigenvalue weighted by atomic mass is 16.5. The number of carbonyl (C=O) groups excluding carboxylic acids is 3. The third kappa shape index (κ3) is 6.55. The highest BCUT2D eigenvalue weighted by Crippen LogP contribution is 2.16. The fraction of sp³-hybridized carbons (Fsp3) is 0.375. The Morgan fingerprint density at radius 3 is 2.53 bits per heavy atom. The van der Waals surface area contributed by atoms with Crippen molar-refractivity contribution < 1.29 is 19.1 Å². The highest BCUT2D eigenvalue weighted by molar-refractivity contribution is 6.04. The van der Waals surface area contributed by atoms with Gasteiger partial charge in [-0.25, -0.2) is 0 Å². The quantitative estimate of drug-likeness (QED) is 0.588. The normalized spacial score (nSPS) is 13.5. The van der Waals surface area contributed by atoms with Gasteiger partial charge in [0.25, 0.3) is 11.8 Å². The molecule has 0 bridgehead atoms. The Hall–Kier alpha value is -3.39. The van der Waals surface area contributed by atoms with Crippen molar-refractivity contribution in [3.63, 3.8) is 0 Å². The number of ether oxygens (including phenoxy) is 1. The topological polar surface area (TPSA) is 99.8 Å². The van der Waals surface area contributed by atoms with E-state index in [4.69, 9.17) is 4.74 Å². The number of hydrogen-bond donors (Lipinski definition) is 3. The van der Waals surface area contributed by atoms with Crippen molar-refractivity contribution >= 4 is 29.1 Å². The zero-order valence-corrected chi connectivity index (χ0v) is 18.5. The molecule has 0 aliphatic carbocycles.